The van der Waals surface area contributed by atoms with Crippen molar-refractivity contribution in [1.29, 1.82) is 5.26 Å². The molecule has 2 aromatic carbocycles. The molecule has 1 heterocycles. The van der Waals surface area contributed by atoms with Gasteiger partial charge in [-0.2, -0.15) is 5.26 Å². The number of nitrogens with zero attached hydrogens (tertiary/aromatic N) is 4. The van der Waals surface area contributed by atoms with Crippen LogP contribution in [0.4, 0.5) is 11.4 Å². The number of carbonyl (C=O) groups excluding carboxylic acids is 2. The van der Waals surface area contributed by atoms with Crippen LogP contribution in [0.2, 0.25) is 5.02 Å². The lowest BCUT2D eigenvalue weighted by Crippen LogP contribution is -2.23. The molecule has 0 saturated heterocycles. The second kappa shape index (κ2) is 7.87. The van der Waals surface area contributed by atoms with Crippen molar-refractivity contribution in [2.75, 3.05) is 0 Å². The lowest BCUT2D eigenvalue weighted by Gasteiger charge is -2.18. The number of rotatable bonds is 3. The summed E-state index contributed by atoms with van der Waals surface area (Å²) in [7, 11) is 0. The monoisotopic (exact) mass is 446 g/mol. The quantitative estimate of drug-likeness (QED) is 0.460. The fourth-order valence-corrected chi connectivity index (χ4v) is 3.86. The average Bonchev–Trinajstić information content (AvgIpc) is 2.77. The minimum absolute atomic E-state index is 0.0671. The number of azo groups is 1. The van der Waals surface area contributed by atoms with E-state index in [-0.39, 0.29) is 57.1 Å². The highest BCUT2D eigenvalue weighted by molar-refractivity contribution is 6.34. The van der Waals surface area contributed by atoms with Gasteiger partial charge in [0.25, 0.3) is 5.56 Å². The number of halogens is 1. The molecule has 158 valence electrons. The van der Waals surface area contributed by atoms with E-state index in [1.165, 1.54) is 31.2 Å². The summed E-state index contributed by atoms with van der Waals surface area (Å²) in [5.41, 5.74) is 0.0744. The Labute approximate surface area is 187 Å². The second-order valence-electron chi connectivity index (χ2n) is 7.08. The maximum Gasteiger partial charge on any atom is 0.271 e. The van der Waals surface area contributed by atoms with Gasteiger partial charge in [0.15, 0.2) is 17.3 Å². The number of ketones is 2. The molecule has 0 unspecified atom stereocenters. The Hall–Kier alpha value is -4.09. The molecule has 0 bridgehead atoms. The van der Waals surface area contributed by atoms with Gasteiger partial charge in [-0.1, -0.05) is 23.7 Å². The Kier molecular flexibility index (Phi) is 5.20. The summed E-state index contributed by atoms with van der Waals surface area (Å²) in [4.78, 5) is 38.4. The molecule has 0 fully saturated rings. The van der Waals surface area contributed by atoms with Crippen LogP contribution in [0.1, 0.15) is 49.9 Å². The first-order valence-electron chi connectivity index (χ1n) is 9.60. The van der Waals surface area contributed by atoms with Gasteiger partial charge < -0.3 is 5.11 Å². The molecular formula is C23H15ClN4O4. The molecule has 8 nitrogen and oxygen atoms in total. The number of carbonyl (C=O) groups is 2. The first kappa shape index (κ1) is 21.2. The molecule has 3 aromatic rings. The maximum absolute atomic E-state index is 13.2. The van der Waals surface area contributed by atoms with Crippen molar-refractivity contribution in [1.82, 2.24) is 4.57 Å². The highest BCUT2D eigenvalue weighted by atomic mass is 35.5. The van der Waals surface area contributed by atoms with Crippen molar-refractivity contribution in [3.8, 4) is 11.9 Å². The summed E-state index contributed by atoms with van der Waals surface area (Å²) in [6.07, 6.45) is 0. The van der Waals surface area contributed by atoms with Crippen molar-refractivity contribution < 1.29 is 14.7 Å². The zero-order valence-electron chi connectivity index (χ0n) is 17.0. The highest BCUT2D eigenvalue weighted by Gasteiger charge is 2.32. The van der Waals surface area contributed by atoms with Crippen LogP contribution in [0, 0.1) is 18.3 Å². The largest absolute Gasteiger partial charge is 0.493 e. The number of aromatic nitrogens is 1. The smallest absolute Gasteiger partial charge is 0.271 e. The van der Waals surface area contributed by atoms with Gasteiger partial charge in [-0.15, -0.1) is 10.2 Å². The van der Waals surface area contributed by atoms with E-state index in [0.717, 1.165) is 4.57 Å². The van der Waals surface area contributed by atoms with Gasteiger partial charge in [0.1, 0.15) is 11.6 Å². The molecule has 0 atom stereocenters. The molecule has 0 radical (unpaired) electrons. The van der Waals surface area contributed by atoms with E-state index < -0.39 is 17.2 Å². The van der Waals surface area contributed by atoms with E-state index in [2.05, 4.69) is 10.2 Å². The molecule has 0 aliphatic heterocycles. The summed E-state index contributed by atoms with van der Waals surface area (Å²) >= 11 is 6.01. The molecule has 32 heavy (non-hydrogen) atoms. The normalized spacial score (nSPS) is 12.6. The lowest BCUT2D eigenvalue weighted by molar-refractivity contribution is 0.0979. The second-order valence-corrected chi connectivity index (χ2v) is 7.52. The summed E-state index contributed by atoms with van der Waals surface area (Å²) in [5, 5.41) is 28.3. The van der Waals surface area contributed by atoms with Gasteiger partial charge in [-0.3, -0.25) is 19.0 Å². The van der Waals surface area contributed by atoms with Crippen LogP contribution in [0.3, 0.4) is 0 Å². The topological polar surface area (TPSA) is 125 Å². The number of pyridine rings is 1. The van der Waals surface area contributed by atoms with Crippen LogP contribution < -0.4 is 5.56 Å². The molecule has 1 aromatic heterocycles. The molecule has 1 aliphatic carbocycles. The number of fused-ring (bicyclic) bond motifs is 2. The summed E-state index contributed by atoms with van der Waals surface area (Å²) < 4.78 is 1.01. The van der Waals surface area contributed by atoms with Gasteiger partial charge in [0.05, 0.1) is 11.3 Å². The molecule has 9 heteroatoms. The van der Waals surface area contributed by atoms with Crippen molar-refractivity contribution in [3.63, 3.8) is 0 Å². The highest BCUT2D eigenvalue weighted by Crippen LogP contribution is 2.37. The minimum atomic E-state index is -0.629. The van der Waals surface area contributed by atoms with Crippen LogP contribution in [0.15, 0.2) is 51.4 Å². The maximum atomic E-state index is 13.2. The Morgan fingerprint density at radius 3 is 2.50 bits per heavy atom. The number of aromatic hydroxyl groups is 1. The Bertz CT molecular complexity index is 1460. The van der Waals surface area contributed by atoms with Crippen LogP contribution in [0.5, 0.6) is 5.88 Å². The summed E-state index contributed by atoms with van der Waals surface area (Å²) in [5.74, 6) is -1.21. The van der Waals surface area contributed by atoms with Crippen LogP contribution in [-0.4, -0.2) is 21.2 Å². The molecule has 0 saturated carbocycles. The van der Waals surface area contributed by atoms with Crippen LogP contribution in [0.25, 0.3) is 0 Å². The third kappa shape index (κ3) is 3.11. The van der Waals surface area contributed by atoms with Crippen molar-refractivity contribution >= 4 is 34.5 Å². The van der Waals surface area contributed by atoms with Gasteiger partial charge in [0, 0.05) is 33.8 Å². The zero-order valence-corrected chi connectivity index (χ0v) is 17.8. The van der Waals surface area contributed by atoms with E-state index in [1.54, 1.807) is 19.1 Å². The first-order chi connectivity index (χ1) is 15.3. The average molecular weight is 447 g/mol. The number of nitriles is 1. The molecule has 1 N–H and O–H groups in total. The van der Waals surface area contributed by atoms with Gasteiger partial charge >= 0.3 is 0 Å². The summed E-state index contributed by atoms with van der Waals surface area (Å²) in [6, 6.07) is 10.9. The standard InChI is InChI=1S/C23H15ClN4O4/c1-3-28-22(31)16(10-25)11(2)19(23(28)32)27-26-17-6-4-5-14-18(17)21(30)15-9-12(24)7-8-13(15)20(14)29/h4-9,32H,3H2,1-2H3/b27-26+. The SMILES string of the molecule is CCn1c(O)c(/N=N/c2cccc3c2C(=O)c2cc(Cl)ccc2C3=O)c(C)c(C#N)c1=O. The fourth-order valence-electron chi connectivity index (χ4n) is 3.69. The molecule has 0 amide bonds. The Balaban J connectivity index is 1.89. The van der Waals surface area contributed by atoms with Gasteiger partial charge in [-0.05, 0) is 38.1 Å². The van der Waals surface area contributed by atoms with E-state index in [1.807, 2.05) is 6.07 Å². The van der Waals surface area contributed by atoms with Crippen molar-refractivity contribution in [3.05, 3.63) is 85.2 Å². The van der Waals surface area contributed by atoms with E-state index in [9.17, 15) is 24.8 Å². The fraction of sp³-hybridized carbons (Fsp3) is 0.130. The van der Waals surface area contributed by atoms with Crippen LogP contribution in [-0.2, 0) is 6.54 Å². The molecular weight excluding hydrogens is 432 g/mol. The lowest BCUT2D eigenvalue weighted by atomic mass is 9.83. The predicted molar refractivity (Wildman–Crippen MR) is 116 cm³/mol. The molecule has 1 aliphatic rings. The van der Waals surface area contributed by atoms with Gasteiger partial charge in [0.2, 0.25) is 5.88 Å². The molecule has 0 spiro atoms. The van der Waals surface area contributed by atoms with E-state index in [0.29, 0.717) is 5.02 Å². The van der Waals surface area contributed by atoms with Gasteiger partial charge in [-0.25, -0.2) is 0 Å². The first-order valence-corrected chi connectivity index (χ1v) is 9.98. The van der Waals surface area contributed by atoms with Crippen molar-refractivity contribution in [2.24, 2.45) is 10.2 Å². The minimum Gasteiger partial charge on any atom is -0.493 e. The van der Waals surface area contributed by atoms with Crippen molar-refractivity contribution in [2.45, 2.75) is 20.4 Å². The molecule has 4 rings (SSSR count). The van der Waals surface area contributed by atoms with E-state index in [4.69, 9.17) is 11.6 Å². The van der Waals surface area contributed by atoms with Crippen LogP contribution >= 0.6 is 11.6 Å². The number of hydrogen-bond acceptors (Lipinski definition) is 7. The van der Waals surface area contributed by atoms with E-state index >= 15 is 0 Å². The predicted octanol–water partition coefficient (Wildman–Crippen LogP) is 4.60. The number of benzene rings is 2. The summed E-state index contributed by atoms with van der Waals surface area (Å²) in [6.45, 7) is 3.23. The zero-order chi connectivity index (χ0) is 23.2. The Morgan fingerprint density at radius 1 is 1.06 bits per heavy atom. The number of hydrogen-bond donors (Lipinski definition) is 1. The third-order valence-corrected chi connectivity index (χ3v) is 5.56. The third-order valence-electron chi connectivity index (χ3n) is 5.33. The Morgan fingerprint density at radius 2 is 1.81 bits per heavy atom.